The summed E-state index contributed by atoms with van der Waals surface area (Å²) in [5, 5.41) is 0. The van der Waals surface area contributed by atoms with E-state index in [4.69, 9.17) is 18.9 Å². The van der Waals surface area contributed by atoms with E-state index in [1.807, 2.05) is 0 Å². The molecule has 0 fully saturated rings. The van der Waals surface area contributed by atoms with Crippen molar-refractivity contribution in [1.29, 1.82) is 0 Å². The number of hydrogen-bond donors (Lipinski definition) is 0. The molecule has 0 rings (SSSR count). The van der Waals surface area contributed by atoms with Crippen LogP contribution in [0.15, 0.2) is 0 Å². The predicted octanol–water partition coefficient (Wildman–Crippen LogP) is 13.8. The predicted molar refractivity (Wildman–Crippen MR) is 244 cm³/mol. The highest BCUT2D eigenvalue weighted by Gasteiger charge is 2.32. The normalized spacial score (nSPS) is 11.8. The third kappa shape index (κ3) is 43.4. The van der Waals surface area contributed by atoms with E-state index < -0.39 is 24.1 Å². The van der Waals surface area contributed by atoms with Crippen LogP contribution in [0.2, 0.25) is 0 Å². The van der Waals surface area contributed by atoms with E-state index in [1.165, 1.54) is 71.3 Å². The van der Waals surface area contributed by atoms with Crippen molar-refractivity contribution in [3.8, 4) is 0 Å². The van der Waals surface area contributed by atoms with Crippen LogP contribution in [0.5, 0.6) is 0 Å². The molecule has 0 heterocycles. The van der Waals surface area contributed by atoms with Crippen LogP contribution in [0.3, 0.4) is 0 Å². The van der Waals surface area contributed by atoms with Gasteiger partial charge in [0.25, 0.3) is 0 Å². The molecule has 60 heavy (non-hydrogen) atoms. The number of rotatable bonds is 42. The van der Waals surface area contributed by atoms with Crippen molar-refractivity contribution in [1.82, 2.24) is 0 Å². The molecule has 0 N–H and O–H groups in total. The standard InChI is InChI=1S/C40H74O8.C10H20O2/c1-5-9-13-17-21-25-29-37(41)45-33-35(47-39(43)31-27-23-19-15-11-7-3)36(48-40(44)32-28-24-20-16-12-8-4)34-46-38(42)30-26-22-18-14-10-6-2;1-3-4-5-6-7-8-9-10(11)12-2/h35-36H,5-34H2,1-4H3;3-9H2,1-2H3. The van der Waals surface area contributed by atoms with Gasteiger partial charge in [-0.25, -0.2) is 0 Å². The highest BCUT2D eigenvalue weighted by atomic mass is 16.6. The molecule has 10 nitrogen and oxygen atoms in total. The van der Waals surface area contributed by atoms with E-state index >= 15 is 0 Å². The summed E-state index contributed by atoms with van der Waals surface area (Å²) in [4.78, 5) is 61.8. The van der Waals surface area contributed by atoms with Gasteiger partial charge in [-0.3, -0.25) is 24.0 Å². The lowest BCUT2D eigenvalue weighted by molar-refractivity contribution is -0.183. The summed E-state index contributed by atoms with van der Waals surface area (Å²) in [6.07, 6.45) is 31.7. The largest absolute Gasteiger partial charge is 0.469 e. The lowest BCUT2D eigenvalue weighted by atomic mass is 10.1. The van der Waals surface area contributed by atoms with E-state index in [2.05, 4.69) is 39.4 Å². The van der Waals surface area contributed by atoms with Gasteiger partial charge in [-0.05, 0) is 32.1 Å². The minimum absolute atomic E-state index is 0.0782. The topological polar surface area (TPSA) is 132 Å². The third-order valence-electron chi connectivity index (χ3n) is 10.7. The molecule has 0 saturated carbocycles. The molecule has 354 valence electrons. The Balaban J connectivity index is 0. The zero-order valence-corrected chi connectivity index (χ0v) is 39.9. The molecule has 0 spiro atoms. The molecular weight excluding hydrogens is 761 g/mol. The van der Waals surface area contributed by atoms with Gasteiger partial charge in [0.05, 0.1) is 7.11 Å². The second-order valence-electron chi connectivity index (χ2n) is 16.6. The van der Waals surface area contributed by atoms with Gasteiger partial charge >= 0.3 is 29.8 Å². The average molecular weight is 855 g/mol. The maximum atomic E-state index is 12.9. The first-order valence-corrected chi connectivity index (χ1v) is 25.0. The first kappa shape index (κ1) is 59.4. The van der Waals surface area contributed by atoms with E-state index in [9.17, 15) is 24.0 Å². The molecule has 0 radical (unpaired) electrons. The smallest absolute Gasteiger partial charge is 0.306 e. The number of carbonyl (C=O) groups excluding carboxylic acids is 5. The lowest BCUT2D eigenvalue weighted by Crippen LogP contribution is -2.42. The van der Waals surface area contributed by atoms with Crippen LogP contribution in [0.25, 0.3) is 0 Å². The molecule has 0 aromatic rings. The van der Waals surface area contributed by atoms with Crippen LogP contribution >= 0.6 is 0 Å². The Bertz CT molecular complexity index is 936. The first-order valence-electron chi connectivity index (χ1n) is 25.0. The van der Waals surface area contributed by atoms with Crippen molar-refractivity contribution in [2.45, 2.75) is 272 Å². The molecule has 10 heteroatoms. The monoisotopic (exact) mass is 855 g/mol. The van der Waals surface area contributed by atoms with Gasteiger partial charge in [0, 0.05) is 32.1 Å². The van der Waals surface area contributed by atoms with E-state index in [0.29, 0.717) is 19.3 Å². The maximum absolute atomic E-state index is 12.9. The molecule has 0 bridgehead atoms. The van der Waals surface area contributed by atoms with Crippen LogP contribution in [0.4, 0.5) is 0 Å². The van der Waals surface area contributed by atoms with Crippen molar-refractivity contribution in [2.75, 3.05) is 20.3 Å². The second kappa shape index (κ2) is 47.4. The third-order valence-corrected chi connectivity index (χ3v) is 10.7. The number of carbonyl (C=O) groups is 5. The molecule has 0 aliphatic heterocycles. The molecule has 2 atom stereocenters. The molecule has 0 saturated heterocycles. The van der Waals surface area contributed by atoms with Gasteiger partial charge in [0.2, 0.25) is 0 Å². The van der Waals surface area contributed by atoms with Crippen molar-refractivity contribution in [2.24, 2.45) is 0 Å². The van der Waals surface area contributed by atoms with Crippen molar-refractivity contribution in [3.63, 3.8) is 0 Å². The number of unbranched alkanes of at least 4 members (excludes halogenated alkanes) is 25. The summed E-state index contributed by atoms with van der Waals surface area (Å²) >= 11 is 0. The molecule has 0 aliphatic rings. The van der Waals surface area contributed by atoms with E-state index in [0.717, 1.165) is 116 Å². The van der Waals surface area contributed by atoms with Crippen molar-refractivity contribution >= 4 is 29.8 Å². The van der Waals surface area contributed by atoms with Crippen molar-refractivity contribution in [3.05, 3.63) is 0 Å². The Morgan fingerprint density at radius 2 is 0.517 bits per heavy atom. The second-order valence-corrected chi connectivity index (χ2v) is 16.6. The zero-order chi connectivity index (χ0) is 44.7. The summed E-state index contributed by atoms with van der Waals surface area (Å²) in [6.45, 7) is 10.4. The highest BCUT2D eigenvalue weighted by molar-refractivity contribution is 5.72. The van der Waals surface area contributed by atoms with Crippen LogP contribution in [0, 0.1) is 0 Å². The summed E-state index contributed by atoms with van der Waals surface area (Å²) in [5.74, 6) is -1.69. The number of ether oxygens (including phenoxy) is 5. The molecule has 0 aromatic heterocycles. The Hall–Kier alpha value is -2.65. The fourth-order valence-electron chi connectivity index (χ4n) is 6.73. The Morgan fingerprint density at radius 1 is 0.300 bits per heavy atom. The fraction of sp³-hybridized carbons (Fsp3) is 0.900. The fourth-order valence-corrected chi connectivity index (χ4v) is 6.73. The average Bonchev–Trinajstić information content (AvgIpc) is 3.24. The van der Waals surface area contributed by atoms with Crippen LogP contribution in [0.1, 0.15) is 259 Å². The first-order chi connectivity index (χ1) is 29.2. The molecular formula is C50H94O10. The van der Waals surface area contributed by atoms with Crippen molar-refractivity contribution < 1.29 is 47.7 Å². The van der Waals surface area contributed by atoms with Crippen LogP contribution in [-0.4, -0.2) is 62.4 Å². The minimum Gasteiger partial charge on any atom is -0.469 e. The van der Waals surface area contributed by atoms with Gasteiger partial charge < -0.3 is 23.7 Å². The summed E-state index contributed by atoms with van der Waals surface area (Å²) in [6, 6.07) is 0. The van der Waals surface area contributed by atoms with Gasteiger partial charge in [-0.2, -0.15) is 0 Å². The van der Waals surface area contributed by atoms with Gasteiger partial charge in [-0.15, -0.1) is 0 Å². The summed E-state index contributed by atoms with van der Waals surface area (Å²) < 4.78 is 27.3. The van der Waals surface area contributed by atoms with E-state index in [-0.39, 0.29) is 56.8 Å². The number of methoxy groups -OCH3 is 1. The van der Waals surface area contributed by atoms with Crippen LogP contribution < -0.4 is 0 Å². The zero-order valence-electron chi connectivity index (χ0n) is 39.9. The van der Waals surface area contributed by atoms with Crippen LogP contribution in [-0.2, 0) is 47.7 Å². The summed E-state index contributed by atoms with van der Waals surface area (Å²) in [5.41, 5.74) is 0. The molecule has 0 amide bonds. The lowest BCUT2D eigenvalue weighted by Gasteiger charge is -2.27. The maximum Gasteiger partial charge on any atom is 0.306 e. The van der Waals surface area contributed by atoms with Gasteiger partial charge in [-0.1, -0.05) is 195 Å². The molecule has 0 aromatic carbocycles. The highest BCUT2D eigenvalue weighted by Crippen LogP contribution is 2.16. The Kier molecular flexibility index (Phi) is 47.0. The SMILES string of the molecule is CCCCCCCCC(=O)OC.CCCCCCCCC(=O)OCC(OC(=O)CCCCCCCC)C(COC(=O)CCCCCCCC)OC(=O)CCCCCCCC. The summed E-state index contributed by atoms with van der Waals surface area (Å²) in [7, 11) is 1.44. The van der Waals surface area contributed by atoms with Gasteiger partial charge in [0.15, 0.2) is 12.2 Å². The van der Waals surface area contributed by atoms with Gasteiger partial charge in [0.1, 0.15) is 13.2 Å². The quantitative estimate of drug-likeness (QED) is 0.0332. The minimum atomic E-state index is -1.05. The van der Waals surface area contributed by atoms with E-state index in [1.54, 1.807) is 0 Å². The Labute approximate surface area is 368 Å². The number of hydrogen-bond acceptors (Lipinski definition) is 10. The molecule has 2 unspecified atom stereocenters. The Morgan fingerprint density at radius 3 is 0.767 bits per heavy atom. The number of esters is 5. The molecule has 0 aliphatic carbocycles.